The number of benzene rings is 2. The predicted molar refractivity (Wildman–Crippen MR) is 81.7 cm³/mol. The highest BCUT2D eigenvalue weighted by atomic mass is 35.5. The number of halogens is 1. The molecule has 0 saturated carbocycles. The molecule has 0 saturated heterocycles. The van der Waals surface area contributed by atoms with Gasteiger partial charge in [-0.25, -0.2) is 0 Å². The van der Waals surface area contributed by atoms with Crippen LogP contribution in [0, 0.1) is 10.1 Å². The molecule has 0 bridgehead atoms. The molecule has 2 rings (SSSR count). The summed E-state index contributed by atoms with van der Waals surface area (Å²) < 4.78 is 0. The van der Waals surface area contributed by atoms with Crippen molar-refractivity contribution in [2.45, 2.75) is 0 Å². The van der Waals surface area contributed by atoms with Gasteiger partial charge >= 0.3 is 0 Å². The number of aliphatic imine (C=N–C) groups is 1. The molecule has 0 heterocycles. The van der Waals surface area contributed by atoms with Crippen LogP contribution in [0.15, 0.2) is 59.6 Å². The van der Waals surface area contributed by atoms with Crippen LogP contribution < -0.4 is 0 Å². The van der Waals surface area contributed by atoms with Gasteiger partial charge in [0.05, 0.1) is 10.6 Å². The third-order valence-electron chi connectivity index (χ3n) is 2.53. The molecule has 0 aliphatic rings. The number of allylic oxidation sites excluding steroid dienone is 1. The van der Waals surface area contributed by atoms with Crippen LogP contribution in [-0.4, -0.2) is 11.1 Å². The molecule has 4 nitrogen and oxygen atoms in total. The van der Waals surface area contributed by atoms with Gasteiger partial charge in [0.2, 0.25) is 0 Å². The highest BCUT2D eigenvalue weighted by molar-refractivity contribution is 6.30. The van der Waals surface area contributed by atoms with Crippen molar-refractivity contribution in [3.05, 3.63) is 75.3 Å². The molecular formula is C15H11ClN2O2. The average Bonchev–Trinajstić information content (AvgIpc) is 2.46. The Kier molecular flexibility index (Phi) is 4.63. The zero-order chi connectivity index (χ0) is 14.4. The van der Waals surface area contributed by atoms with E-state index in [4.69, 9.17) is 11.6 Å². The Labute approximate surface area is 121 Å². The number of non-ortho nitro benzene ring substituents is 1. The van der Waals surface area contributed by atoms with E-state index in [2.05, 4.69) is 4.99 Å². The lowest BCUT2D eigenvalue weighted by Gasteiger charge is -1.93. The Hall–Kier alpha value is -2.46. The van der Waals surface area contributed by atoms with Crippen molar-refractivity contribution in [1.82, 2.24) is 0 Å². The lowest BCUT2D eigenvalue weighted by atomic mass is 10.2. The summed E-state index contributed by atoms with van der Waals surface area (Å²) >= 11 is 5.79. The van der Waals surface area contributed by atoms with Crippen molar-refractivity contribution in [3.8, 4) is 0 Å². The highest BCUT2D eigenvalue weighted by Crippen LogP contribution is 2.17. The van der Waals surface area contributed by atoms with Crippen molar-refractivity contribution < 1.29 is 4.92 Å². The summed E-state index contributed by atoms with van der Waals surface area (Å²) in [6.07, 6.45) is 5.33. The fraction of sp³-hybridized carbons (Fsp3) is 0. The quantitative estimate of drug-likeness (QED) is 0.466. The molecular weight excluding hydrogens is 276 g/mol. The number of rotatable bonds is 4. The first-order chi connectivity index (χ1) is 9.65. The molecule has 0 fully saturated rings. The predicted octanol–water partition coefficient (Wildman–Crippen LogP) is 4.66. The first kappa shape index (κ1) is 14.0. The highest BCUT2D eigenvalue weighted by Gasteiger charge is 2.02. The number of nitrogens with zero attached hydrogens (tertiary/aromatic N) is 2. The Morgan fingerprint density at radius 3 is 2.30 bits per heavy atom. The maximum atomic E-state index is 10.5. The maximum absolute atomic E-state index is 10.5. The summed E-state index contributed by atoms with van der Waals surface area (Å²) in [6, 6.07) is 13.5. The van der Waals surface area contributed by atoms with Gasteiger partial charge in [0.25, 0.3) is 5.69 Å². The molecule has 0 aromatic heterocycles. The summed E-state index contributed by atoms with van der Waals surface area (Å²) in [6.45, 7) is 0. The van der Waals surface area contributed by atoms with E-state index in [1.165, 1.54) is 12.1 Å². The second-order valence-electron chi connectivity index (χ2n) is 3.96. The van der Waals surface area contributed by atoms with Crippen molar-refractivity contribution in [2.75, 3.05) is 0 Å². The van der Waals surface area contributed by atoms with E-state index in [0.717, 1.165) is 5.56 Å². The van der Waals surface area contributed by atoms with E-state index >= 15 is 0 Å². The lowest BCUT2D eigenvalue weighted by Crippen LogP contribution is -1.85. The smallest absolute Gasteiger partial charge is 0.258 e. The largest absolute Gasteiger partial charge is 0.269 e. The van der Waals surface area contributed by atoms with Gasteiger partial charge in [0.15, 0.2) is 0 Å². The van der Waals surface area contributed by atoms with Crippen LogP contribution in [0.25, 0.3) is 6.08 Å². The van der Waals surface area contributed by atoms with Gasteiger partial charge in [-0.1, -0.05) is 29.8 Å². The number of hydrogen-bond acceptors (Lipinski definition) is 3. The zero-order valence-corrected chi connectivity index (χ0v) is 11.2. The summed E-state index contributed by atoms with van der Waals surface area (Å²) in [5.74, 6) is 0. The van der Waals surface area contributed by atoms with Gasteiger partial charge in [-0.15, -0.1) is 0 Å². The van der Waals surface area contributed by atoms with E-state index in [1.807, 2.05) is 30.3 Å². The molecule has 2 aromatic rings. The first-order valence-electron chi connectivity index (χ1n) is 5.86. The number of nitro benzene ring substituents is 1. The van der Waals surface area contributed by atoms with Gasteiger partial charge < -0.3 is 0 Å². The summed E-state index contributed by atoms with van der Waals surface area (Å²) in [5.41, 5.74) is 1.74. The molecule has 2 aromatic carbocycles. The standard InChI is InChI=1S/C15H11ClN2O2/c16-13-5-3-12(4-6-13)2-1-11-17-14-7-9-15(10-8-14)18(19)20/h1-11H. The molecule has 0 N–H and O–H groups in total. The van der Waals surface area contributed by atoms with Crippen LogP contribution in [0.4, 0.5) is 11.4 Å². The summed E-state index contributed by atoms with van der Waals surface area (Å²) in [4.78, 5) is 14.2. The van der Waals surface area contributed by atoms with Crippen LogP contribution in [0.1, 0.15) is 5.56 Å². The van der Waals surface area contributed by atoms with Crippen LogP contribution in [0.3, 0.4) is 0 Å². The van der Waals surface area contributed by atoms with E-state index in [1.54, 1.807) is 24.4 Å². The minimum atomic E-state index is -0.437. The molecule has 0 spiro atoms. The normalized spacial score (nSPS) is 11.2. The monoisotopic (exact) mass is 286 g/mol. The fourth-order valence-electron chi connectivity index (χ4n) is 1.52. The molecule has 20 heavy (non-hydrogen) atoms. The van der Waals surface area contributed by atoms with Gasteiger partial charge in [0.1, 0.15) is 0 Å². The van der Waals surface area contributed by atoms with Gasteiger partial charge in [-0.05, 0) is 35.9 Å². The average molecular weight is 287 g/mol. The Balaban J connectivity index is 1.99. The van der Waals surface area contributed by atoms with Crippen LogP contribution in [0.2, 0.25) is 5.02 Å². The Morgan fingerprint density at radius 2 is 1.70 bits per heavy atom. The van der Waals surface area contributed by atoms with Crippen LogP contribution in [0.5, 0.6) is 0 Å². The fourth-order valence-corrected chi connectivity index (χ4v) is 1.64. The molecule has 0 unspecified atom stereocenters. The molecule has 100 valence electrons. The van der Waals surface area contributed by atoms with Gasteiger partial charge in [-0.2, -0.15) is 0 Å². The van der Waals surface area contributed by atoms with Crippen molar-refractivity contribution in [1.29, 1.82) is 0 Å². The van der Waals surface area contributed by atoms with Crippen molar-refractivity contribution >= 4 is 35.3 Å². The molecule has 0 aliphatic heterocycles. The zero-order valence-electron chi connectivity index (χ0n) is 10.4. The molecule has 0 aliphatic carbocycles. The number of nitro groups is 1. The van der Waals surface area contributed by atoms with Crippen LogP contribution >= 0.6 is 11.6 Å². The van der Waals surface area contributed by atoms with Crippen molar-refractivity contribution in [3.63, 3.8) is 0 Å². The molecule has 0 atom stereocenters. The topological polar surface area (TPSA) is 55.5 Å². The SMILES string of the molecule is O=[N+]([O-])c1ccc(N=CC=Cc2ccc(Cl)cc2)cc1. The lowest BCUT2D eigenvalue weighted by molar-refractivity contribution is -0.384. The third kappa shape index (κ3) is 4.03. The van der Waals surface area contributed by atoms with E-state index in [9.17, 15) is 10.1 Å². The van der Waals surface area contributed by atoms with Gasteiger partial charge in [-0.3, -0.25) is 15.1 Å². The van der Waals surface area contributed by atoms with Crippen LogP contribution in [-0.2, 0) is 0 Å². The maximum Gasteiger partial charge on any atom is 0.269 e. The molecule has 0 radical (unpaired) electrons. The van der Waals surface area contributed by atoms with E-state index in [0.29, 0.717) is 10.7 Å². The van der Waals surface area contributed by atoms with E-state index in [-0.39, 0.29) is 5.69 Å². The summed E-state index contributed by atoms with van der Waals surface area (Å²) in [7, 11) is 0. The second kappa shape index (κ2) is 6.63. The molecule has 5 heteroatoms. The second-order valence-corrected chi connectivity index (χ2v) is 4.40. The minimum Gasteiger partial charge on any atom is -0.258 e. The first-order valence-corrected chi connectivity index (χ1v) is 6.24. The van der Waals surface area contributed by atoms with Crippen molar-refractivity contribution in [2.24, 2.45) is 4.99 Å². The van der Waals surface area contributed by atoms with Gasteiger partial charge in [0, 0.05) is 23.4 Å². The Morgan fingerprint density at radius 1 is 1.05 bits per heavy atom. The minimum absolute atomic E-state index is 0.0562. The number of hydrogen-bond donors (Lipinski definition) is 0. The third-order valence-corrected chi connectivity index (χ3v) is 2.78. The summed E-state index contributed by atoms with van der Waals surface area (Å²) in [5, 5.41) is 11.2. The Bertz CT molecular complexity index is 647. The molecule has 0 amide bonds. The van der Waals surface area contributed by atoms with E-state index < -0.39 is 4.92 Å².